The van der Waals surface area contributed by atoms with E-state index in [-0.39, 0.29) is 5.82 Å². The van der Waals surface area contributed by atoms with E-state index in [9.17, 15) is 4.39 Å². The average molecular weight is 275 g/mol. The highest BCUT2D eigenvalue weighted by molar-refractivity contribution is 7.16. The van der Waals surface area contributed by atoms with Gasteiger partial charge in [-0.1, -0.05) is 13.0 Å². The quantitative estimate of drug-likeness (QED) is 0.810. The van der Waals surface area contributed by atoms with Crippen molar-refractivity contribution in [3.05, 3.63) is 40.0 Å². The van der Waals surface area contributed by atoms with Gasteiger partial charge >= 0.3 is 0 Å². The standard InChI is InChI=1S/C16H18FNS/c1-9-3-5-12-14(7-9)19-16(18)15(12)11-4-6-13(17)10(2)8-11/h4,6,8-9H,3,5,7,18H2,1-2H3. The lowest BCUT2D eigenvalue weighted by molar-refractivity contribution is 0.508. The third-order valence-corrected chi connectivity index (χ3v) is 5.07. The summed E-state index contributed by atoms with van der Waals surface area (Å²) in [5, 5.41) is 0.880. The number of nitrogen functional groups attached to an aromatic ring is 1. The van der Waals surface area contributed by atoms with Gasteiger partial charge < -0.3 is 5.73 Å². The van der Waals surface area contributed by atoms with Crippen molar-refractivity contribution < 1.29 is 4.39 Å². The number of thiophene rings is 1. The molecule has 3 heteroatoms. The predicted octanol–water partition coefficient (Wildman–Crippen LogP) is 4.57. The van der Waals surface area contributed by atoms with E-state index in [2.05, 4.69) is 6.92 Å². The van der Waals surface area contributed by atoms with Crippen LogP contribution in [-0.4, -0.2) is 0 Å². The number of anilines is 1. The molecule has 2 N–H and O–H groups in total. The van der Waals surface area contributed by atoms with Crippen LogP contribution in [0.15, 0.2) is 18.2 Å². The fraction of sp³-hybridized carbons (Fsp3) is 0.375. The lowest BCUT2D eigenvalue weighted by Crippen LogP contribution is -2.09. The smallest absolute Gasteiger partial charge is 0.126 e. The number of aryl methyl sites for hydroxylation is 1. The van der Waals surface area contributed by atoms with Gasteiger partial charge in [0.1, 0.15) is 5.82 Å². The van der Waals surface area contributed by atoms with Gasteiger partial charge in [-0.15, -0.1) is 11.3 Å². The molecule has 0 saturated carbocycles. The molecule has 3 rings (SSSR count). The fourth-order valence-electron chi connectivity index (χ4n) is 2.89. The summed E-state index contributed by atoms with van der Waals surface area (Å²) in [5.74, 6) is 0.591. The number of rotatable bonds is 1. The number of hydrogen-bond acceptors (Lipinski definition) is 2. The monoisotopic (exact) mass is 275 g/mol. The van der Waals surface area contributed by atoms with Crippen LogP contribution in [0.1, 0.15) is 29.3 Å². The maximum atomic E-state index is 13.4. The Morgan fingerprint density at radius 1 is 1.37 bits per heavy atom. The molecule has 0 amide bonds. The van der Waals surface area contributed by atoms with Gasteiger partial charge in [-0.05, 0) is 60.9 Å². The van der Waals surface area contributed by atoms with Gasteiger partial charge in [0, 0.05) is 10.4 Å². The summed E-state index contributed by atoms with van der Waals surface area (Å²) in [6.45, 7) is 4.09. The SMILES string of the molecule is Cc1cc(-c2c(N)sc3c2CCC(C)C3)ccc1F. The summed E-state index contributed by atoms with van der Waals surface area (Å²) < 4.78 is 13.4. The Hall–Kier alpha value is -1.35. The molecule has 1 aromatic carbocycles. The van der Waals surface area contributed by atoms with Gasteiger partial charge in [-0.25, -0.2) is 4.39 Å². The van der Waals surface area contributed by atoms with E-state index in [1.807, 2.05) is 12.1 Å². The molecule has 1 unspecified atom stereocenters. The Morgan fingerprint density at radius 3 is 2.89 bits per heavy atom. The van der Waals surface area contributed by atoms with Crippen LogP contribution < -0.4 is 5.73 Å². The highest BCUT2D eigenvalue weighted by Crippen LogP contribution is 2.43. The maximum Gasteiger partial charge on any atom is 0.126 e. The van der Waals surface area contributed by atoms with Crippen molar-refractivity contribution in [1.29, 1.82) is 0 Å². The Balaban J connectivity index is 2.12. The van der Waals surface area contributed by atoms with Gasteiger partial charge in [-0.3, -0.25) is 0 Å². The fourth-order valence-corrected chi connectivity index (χ4v) is 4.19. The number of fused-ring (bicyclic) bond motifs is 1. The van der Waals surface area contributed by atoms with E-state index < -0.39 is 0 Å². The highest BCUT2D eigenvalue weighted by Gasteiger charge is 2.23. The van der Waals surface area contributed by atoms with Crippen LogP contribution in [0.2, 0.25) is 0 Å². The van der Waals surface area contributed by atoms with Gasteiger partial charge in [-0.2, -0.15) is 0 Å². The zero-order valence-corrected chi connectivity index (χ0v) is 12.1. The summed E-state index contributed by atoms with van der Waals surface area (Å²) in [7, 11) is 0. The second kappa shape index (κ2) is 4.64. The van der Waals surface area contributed by atoms with Crippen LogP contribution in [0, 0.1) is 18.7 Å². The van der Waals surface area contributed by atoms with E-state index in [0.29, 0.717) is 5.56 Å². The first-order valence-electron chi connectivity index (χ1n) is 6.72. The van der Waals surface area contributed by atoms with E-state index in [0.717, 1.165) is 34.9 Å². The molecule has 2 aromatic rings. The second-order valence-corrected chi connectivity index (χ2v) is 6.69. The van der Waals surface area contributed by atoms with E-state index >= 15 is 0 Å². The lowest BCUT2D eigenvalue weighted by Gasteiger charge is -2.19. The summed E-state index contributed by atoms with van der Waals surface area (Å²) in [5.41, 5.74) is 10.5. The molecule has 1 aromatic heterocycles. The summed E-state index contributed by atoms with van der Waals surface area (Å²) >= 11 is 1.71. The minimum Gasteiger partial charge on any atom is -0.390 e. The average Bonchev–Trinajstić information content (AvgIpc) is 2.68. The summed E-state index contributed by atoms with van der Waals surface area (Å²) in [6.07, 6.45) is 3.44. The second-order valence-electron chi connectivity index (χ2n) is 5.55. The molecular weight excluding hydrogens is 257 g/mol. The molecule has 0 aliphatic heterocycles. The Morgan fingerprint density at radius 2 is 2.16 bits per heavy atom. The lowest BCUT2D eigenvalue weighted by atomic mass is 9.86. The zero-order chi connectivity index (χ0) is 13.6. The molecule has 0 spiro atoms. The first kappa shape index (κ1) is 12.7. The molecule has 0 radical (unpaired) electrons. The first-order chi connectivity index (χ1) is 9.06. The van der Waals surface area contributed by atoms with Crippen molar-refractivity contribution in [2.24, 2.45) is 5.92 Å². The van der Waals surface area contributed by atoms with Crippen molar-refractivity contribution in [3.8, 4) is 11.1 Å². The van der Waals surface area contributed by atoms with Crippen LogP contribution >= 0.6 is 11.3 Å². The van der Waals surface area contributed by atoms with Gasteiger partial charge in [0.2, 0.25) is 0 Å². The Bertz CT molecular complexity index is 630. The van der Waals surface area contributed by atoms with E-state index in [1.54, 1.807) is 24.3 Å². The van der Waals surface area contributed by atoms with Crippen LogP contribution in [0.25, 0.3) is 11.1 Å². The van der Waals surface area contributed by atoms with Crippen molar-refractivity contribution in [3.63, 3.8) is 0 Å². The van der Waals surface area contributed by atoms with E-state index in [1.165, 1.54) is 16.9 Å². The largest absolute Gasteiger partial charge is 0.390 e. The van der Waals surface area contributed by atoms with Crippen molar-refractivity contribution >= 4 is 16.3 Å². The van der Waals surface area contributed by atoms with Crippen molar-refractivity contribution in [2.45, 2.75) is 33.1 Å². The molecule has 1 aliphatic rings. The molecule has 1 atom stereocenters. The molecule has 0 bridgehead atoms. The molecule has 100 valence electrons. The third-order valence-electron chi connectivity index (χ3n) is 3.99. The molecule has 19 heavy (non-hydrogen) atoms. The minimum absolute atomic E-state index is 0.153. The first-order valence-corrected chi connectivity index (χ1v) is 7.54. The number of nitrogens with two attached hydrogens (primary N) is 1. The maximum absolute atomic E-state index is 13.4. The Labute approximate surface area is 117 Å². The number of halogens is 1. The van der Waals surface area contributed by atoms with Gasteiger partial charge in [0.15, 0.2) is 0 Å². The van der Waals surface area contributed by atoms with Crippen LogP contribution in [0.4, 0.5) is 9.39 Å². The number of hydrogen-bond donors (Lipinski definition) is 1. The summed E-state index contributed by atoms with van der Waals surface area (Å²) in [6, 6.07) is 5.30. The van der Waals surface area contributed by atoms with E-state index in [4.69, 9.17) is 5.73 Å². The molecule has 1 nitrogen and oxygen atoms in total. The van der Waals surface area contributed by atoms with Gasteiger partial charge in [0.05, 0.1) is 5.00 Å². The van der Waals surface area contributed by atoms with Crippen LogP contribution in [-0.2, 0) is 12.8 Å². The molecular formula is C16H18FNS. The third kappa shape index (κ3) is 2.16. The molecule has 1 aliphatic carbocycles. The van der Waals surface area contributed by atoms with Crippen LogP contribution in [0.3, 0.4) is 0 Å². The molecule has 0 fully saturated rings. The van der Waals surface area contributed by atoms with Gasteiger partial charge in [0.25, 0.3) is 0 Å². The van der Waals surface area contributed by atoms with Crippen molar-refractivity contribution in [1.82, 2.24) is 0 Å². The molecule has 0 saturated heterocycles. The Kier molecular flexibility index (Phi) is 3.09. The zero-order valence-electron chi connectivity index (χ0n) is 11.3. The van der Waals surface area contributed by atoms with Crippen molar-refractivity contribution in [2.75, 3.05) is 5.73 Å². The normalized spacial score (nSPS) is 18.4. The molecule has 1 heterocycles. The number of benzene rings is 1. The highest BCUT2D eigenvalue weighted by atomic mass is 32.1. The topological polar surface area (TPSA) is 26.0 Å². The minimum atomic E-state index is -0.153. The predicted molar refractivity (Wildman–Crippen MR) is 80.1 cm³/mol. The summed E-state index contributed by atoms with van der Waals surface area (Å²) in [4.78, 5) is 1.42. The van der Waals surface area contributed by atoms with Crippen LogP contribution in [0.5, 0.6) is 0 Å².